The van der Waals surface area contributed by atoms with Gasteiger partial charge in [0.2, 0.25) is 0 Å². The van der Waals surface area contributed by atoms with Gasteiger partial charge in [-0.2, -0.15) is 0 Å². The number of aromatic nitrogens is 2. The molecule has 0 unspecified atom stereocenters. The number of pyridine rings is 1. The zero-order chi connectivity index (χ0) is 24.7. The van der Waals surface area contributed by atoms with Crippen molar-refractivity contribution in [3.63, 3.8) is 0 Å². The van der Waals surface area contributed by atoms with Crippen LogP contribution in [0.3, 0.4) is 0 Å². The molecule has 0 bridgehead atoms. The van der Waals surface area contributed by atoms with Crippen molar-refractivity contribution in [1.82, 2.24) is 14.9 Å². The van der Waals surface area contributed by atoms with Crippen molar-refractivity contribution in [2.45, 2.75) is 39.8 Å². The predicted molar refractivity (Wildman–Crippen MR) is 146 cm³/mol. The van der Waals surface area contributed by atoms with Crippen molar-refractivity contribution in [2.75, 3.05) is 12.0 Å². The Morgan fingerprint density at radius 1 is 0.886 bits per heavy atom. The topological polar surface area (TPSA) is 42.3 Å². The van der Waals surface area contributed by atoms with Gasteiger partial charge in [0, 0.05) is 29.0 Å². The molecule has 2 aromatic heterocycles. The molecule has 1 fully saturated rings. The summed E-state index contributed by atoms with van der Waals surface area (Å²) < 4.78 is 7.73. The summed E-state index contributed by atoms with van der Waals surface area (Å²) in [6, 6.07) is 22.9. The Kier molecular flexibility index (Phi) is 6.07. The number of rotatable bonds is 5. The number of nitrogens with one attached hydrogen (secondary N) is 1. The van der Waals surface area contributed by atoms with Crippen LogP contribution in [0, 0.1) is 27.7 Å². The maximum absolute atomic E-state index is 5.90. The lowest BCUT2D eigenvalue weighted by Gasteiger charge is -2.28. The average molecular weight is 483 g/mol. The molecule has 178 valence electrons. The fourth-order valence-corrected chi connectivity index (χ4v) is 5.60. The van der Waals surface area contributed by atoms with Gasteiger partial charge in [0.15, 0.2) is 5.11 Å². The number of hydrogen-bond acceptors (Lipinski definition) is 3. The first-order valence-electron chi connectivity index (χ1n) is 11.8. The predicted octanol–water partition coefficient (Wildman–Crippen LogP) is 6.29. The van der Waals surface area contributed by atoms with Crippen LogP contribution in [0.25, 0.3) is 5.69 Å². The fraction of sp³-hybridized carbons (Fsp3) is 0.241. The van der Waals surface area contributed by atoms with E-state index in [1.165, 1.54) is 33.8 Å². The van der Waals surface area contributed by atoms with Crippen LogP contribution in [0.2, 0.25) is 0 Å². The smallest absolute Gasteiger partial charge is 0.174 e. The zero-order valence-corrected chi connectivity index (χ0v) is 21.6. The van der Waals surface area contributed by atoms with Gasteiger partial charge in [0.25, 0.3) is 0 Å². The van der Waals surface area contributed by atoms with Crippen LogP contribution < -0.4 is 15.0 Å². The van der Waals surface area contributed by atoms with Crippen LogP contribution in [-0.4, -0.2) is 21.8 Å². The third kappa shape index (κ3) is 4.19. The number of benzene rings is 2. The van der Waals surface area contributed by atoms with E-state index in [-0.39, 0.29) is 12.1 Å². The standard InChI is InChI=1S/C29H30N4OS/c1-18-14-19(2)16-23(15-18)32-20(3)17-25(21(32)4)28-27(26-8-6-7-13-30-26)31-29(35)33(28)22-9-11-24(34-5)12-10-22/h6-17,27-28H,1-5H3,(H,31,35)/t27-,28+/m1/s1. The van der Waals surface area contributed by atoms with E-state index in [1.807, 2.05) is 30.5 Å². The maximum atomic E-state index is 5.90. The van der Waals surface area contributed by atoms with Gasteiger partial charge in [-0.15, -0.1) is 0 Å². The molecule has 4 aromatic rings. The second kappa shape index (κ2) is 9.19. The Balaban J connectivity index is 1.67. The van der Waals surface area contributed by atoms with Gasteiger partial charge < -0.3 is 19.5 Å². The van der Waals surface area contributed by atoms with Gasteiger partial charge in [0.05, 0.1) is 24.9 Å². The molecule has 0 saturated carbocycles. The Morgan fingerprint density at radius 3 is 2.23 bits per heavy atom. The van der Waals surface area contributed by atoms with Gasteiger partial charge >= 0.3 is 0 Å². The molecule has 2 aromatic carbocycles. The molecule has 1 N–H and O–H groups in total. The lowest BCUT2D eigenvalue weighted by Crippen LogP contribution is -2.29. The summed E-state index contributed by atoms with van der Waals surface area (Å²) in [5, 5.41) is 4.25. The molecule has 5 nitrogen and oxygen atoms in total. The number of hydrogen-bond donors (Lipinski definition) is 1. The van der Waals surface area contributed by atoms with Gasteiger partial charge in [-0.05, 0) is 111 Å². The molecule has 35 heavy (non-hydrogen) atoms. The van der Waals surface area contributed by atoms with Crippen molar-refractivity contribution in [3.8, 4) is 11.4 Å². The number of ether oxygens (including phenoxy) is 1. The SMILES string of the molecule is COc1ccc(N2C(=S)N[C@H](c3ccccn3)[C@@H]2c2cc(C)n(-c3cc(C)cc(C)c3)c2C)cc1. The first-order valence-corrected chi connectivity index (χ1v) is 12.2. The van der Waals surface area contributed by atoms with Crippen molar-refractivity contribution in [1.29, 1.82) is 0 Å². The Labute approximate surface area is 212 Å². The molecule has 0 aliphatic carbocycles. The number of aryl methyl sites for hydroxylation is 3. The molecule has 1 aliphatic heterocycles. The van der Waals surface area contributed by atoms with E-state index in [9.17, 15) is 0 Å². The van der Waals surface area contributed by atoms with Gasteiger partial charge in [-0.3, -0.25) is 4.98 Å². The second-order valence-electron chi connectivity index (χ2n) is 9.20. The Morgan fingerprint density at radius 2 is 1.60 bits per heavy atom. The summed E-state index contributed by atoms with van der Waals surface area (Å²) in [7, 11) is 1.68. The summed E-state index contributed by atoms with van der Waals surface area (Å²) in [6.45, 7) is 8.66. The van der Waals surface area contributed by atoms with Crippen LogP contribution in [-0.2, 0) is 0 Å². The number of methoxy groups -OCH3 is 1. The highest BCUT2D eigenvalue weighted by molar-refractivity contribution is 7.80. The molecular formula is C29H30N4OS. The van der Waals surface area contributed by atoms with Crippen LogP contribution in [0.15, 0.2) is 72.9 Å². The van der Waals surface area contributed by atoms with E-state index in [0.29, 0.717) is 5.11 Å². The molecule has 6 heteroatoms. The lowest BCUT2D eigenvalue weighted by atomic mass is 9.96. The number of thiocarbonyl (C=S) groups is 1. The molecule has 1 aliphatic rings. The van der Waals surface area contributed by atoms with Crippen LogP contribution in [0.4, 0.5) is 5.69 Å². The molecule has 3 heterocycles. The quantitative estimate of drug-likeness (QED) is 0.339. The monoisotopic (exact) mass is 482 g/mol. The molecule has 0 amide bonds. The van der Waals surface area contributed by atoms with Crippen molar-refractivity contribution >= 4 is 23.0 Å². The van der Waals surface area contributed by atoms with Crippen LogP contribution in [0.5, 0.6) is 5.75 Å². The second-order valence-corrected chi connectivity index (χ2v) is 9.59. The zero-order valence-electron chi connectivity index (χ0n) is 20.7. The number of anilines is 1. The van der Waals surface area contributed by atoms with E-state index in [2.05, 4.69) is 84.9 Å². The minimum absolute atomic E-state index is 0.0587. The van der Waals surface area contributed by atoms with Gasteiger partial charge in [-0.25, -0.2) is 0 Å². The summed E-state index contributed by atoms with van der Waals surface area (Å²) in [5.41, 5.74) is 9.28. The van der Waals surface area contributed by atoms with Gasteiger partial charge in [0.1, 0.15) is 5.75 Å². The normalized spacial score (nSPS) is 17.5. The minimum atomic E-state index is -0.0843. The Bertz CT molecular complexity index is 1360. The molecule has 1 saturated heterocycles. The summed E-state index contributed by atoms with van der Waals surface area (Å²) >= 11 is 5.90. The van der Waals surface area contributed by atoms with Crippen LogP contribution in [0.1, 0.15) is 45.9 Å². The number of nitrogens with zero attached hydrogens (tertiary/aromatic N) is 3. The first-order chi connectivity index (χ1) is 16.9. The third-order valence-corrected chi connectivity index (χ3v) is 7.02. The highest BCUT2D eigenvalue weighted by Crippen LogP contribution is 2.44. The first kappa shape index (κ1) is 23.1. The summed E-state index contributed by atoms with van der Waals surface area (Å²) in [4.78, 5) is 6.90. The summed E-state index contributed by atoms with van der Waals surface area (Å²) in [5.74, 6) is 0.817. The average Bonchev–Trinajstić information content (AvgIpc) is 3.34. The molecule has 2 atom stereocenters. The lowest BCUT2D eigenvalue weighted by molar-refractivity contribution is 0.415. The van der Waals surface area contributed by atoms with E-state index < -0.39 is 0 Å². The van der Waals surface area contributed by atoms with Crippen LogP contribution >= 0.6 is 12.2 Å². The highest BCUT2D eigenvalue weighted by Gasteiger charge is 2.42. The van der Waals surface area contributed by atoms with E-state index in [0.717, 1.165) is 17.1 Å². The molecule has 5 rings (SSSR count). The highest BCUT2D eigenvalue weighted by atomic mass is 32.1. The summed E-state index contributed by atoms with van der Waals surface area (Å²) in [6.07, 6.45) is 1.84. The molecule has 0 spiro atoms. The van der Waals surface area contributed by atoms with Crippen molar-refractivity contribution in [2.24, 2.45) is 0 Å². The molecule has 0 radical (unpaired) electrons. The maximum Gasteiger partial charge on any atom is 0.174 e. The third-order valence-electron chi connectivity index (χ3n) is 6.70. The van der Waals surface area contributed by atoms with Crippen molar-refractivity contribution in [3.05, 3.63) is 107 Å². The fourth-order valence-electron chi connectivity index (χ4n) is 5.26. The Hall–Kier alpha value is -3.64. The van der Waals surface area contributed by atoms with Crippen molar-refractivity contribution < 1.29 is 4.74 Å². The van der Waals surface area contributed by atoms with Gasteiger partial charge in [-0.1, -0.05) is 12.1 Å². The van der Waals surface area contributed by atoms with E-state index >= 15 is 0 Å². The molecular weight excluding hydrogens is 452 g/mol. The largest absolute Gasteiger partial charge is 0.497 e. The van der Waals surface area contributed by atoms with E-state index in [1.54, 1.807) is 7.11 Å². The minimum Gasteiger partial charge on any atom is -0.497 e. The van der Waals surface area contributed by atoms with E-state index in [4.69, 9.17) is 21.9 Å².